The molecule has 1 unspecified atom stereocenters. The molecule has 6 nitrogen and oxygen atoms in total. The fraction of sp³-hybridized carbons (Fsp3) is 0.526. The lowest BCUT2D eigenvalue weighted by Crippen LogP contribution is -2.54. The third kappa shape index (κ3) is 4.96. The Bertz CT molecular complexity index is 558. The zero-order valence-corrected chi connectivity index (χ0v) is 14.8. The van der Waals surface area contributed by atoms with Gasteiger partial charge in [-0.15, -0.1) is 6.58 Å². The number of anilines is 1. The molecule has 1 N–H and O–H groups in total. The smallest absolute Gasteiger partial charge is 0.317 e. The largest absolute Gasteiger partial charge is 0.373 e. The van der Waals surface area contributed by atoms with Crippen molar-refractivity contribution < 1.29 is 9.53 Å². The molecule has 2 fully saturated rings. The van der Waals surface area contributed by atoms with Gasteiger partial charge in [0.1, 0.15) is 0 Å². The molecule has 1 aromatic carbocycles. The molecule has 0 spiro atoms. The van der Waals surface area contributed by atoms with Gasteiger partial charge in [0.25, 0.3) is 0 Å². The summed E-state index contributed by atoms with van der Waals surface area (Å²) in [4.78, 5) is 18.8. The van der Waals surface area contributed by atoms with Crippen molar-refractivity contribution in [2.75, 3.05) is 63.9 Å². The first-order chi connectivity index (χ1) is 12.3. The number of benzene rings is 1. The van der Waals surface area contributed by atoms with Gasteiger partial charge in [-0.1, -0.05) is 24.3 Å². The minimum Gasteiger partial charge on any atom is -0.373 e. The molecular weight excluding hydrogens is 316 g/mol. The number of piperazine rings is 1. The number of nitrogens with one attached hydrogen (secondary N) is 1. The quantitative estimate of drug-likeness (QED) is 0.821. The highest BCUT2D eigenvalue weighted by molar-refractivity contribution is 5.74. The van der Waals surface area contributed by atoms with Gasteiger partial charge < -0.3 is 19.9 Å². The number of nitrogens with zero attached hydrogens (tertiary/aromatic N) is 3. The predicted molar refractivity (Wildman–Crippen MR) is 100 cm³/mol. The first kappa shape index (κ1) is 17.8. The zero-order valence-electron chi connectivity index (χ0n) is 14.8. The number of carbonyl (C=O) groups excluding carboxylic acids is 1. The Morgan fingerprint density at radius 3 is 2.68 bits per heavy atom. The van der Waals surface area contributed by atoms with Crippen molar-refractivity contribution in [2.24, 2.45) is 0 Å². The van der Waals surface area contributed by atoms with Crippen molar-refractivity contribution in [2.45, 2.75) is 6.10 Å². The monoisotopic (exact) mass is 344 g/mol. The third-order valence-corrected chi connectivity index (χ3v) is 4.78. The highest BCUT2D eigenvalue weighted by Crippen LogP contribution is 2.16. The number of para-hydroxylation sites is 1. The lowest BCUT2D eigenvalue weighted by molar-refractivity contribution is -0.0309. The zero-order chi connectivity index (χ0) is 17.5. The summed E-state index contributed by atoms with van der Waals surface area (Å²) >= 11 is 0. The highest BCUT2D eigenvalue weighted by Gasteiger charge is 2.27. The minimum absolute atomic E-state index is 0.0258. The second kappa shape index (κ2) is 8.87. The number of morpholine rings is 1. The van der Waals surface area contributed by atoms with E-state index in [9.17, 15) is 4.79 Å². The third-order valence-electron chi connectivity index (χ3n) is 4.78. The van der Waals surface area contributed by atoms with Crippen LogP contribution in [0.1, 0.15) is 0 Å². The Kier molecular flexibility index (Phi) is 6.30. The van der Waals surface area contributed by atoms with E-state index >= 15 is 0 Å². The van der Waals surface area contributed by atoms with Gasteiger partial charge in [-0.25, -0.2) is 4.79 Å². The van der Waals surface area contributed by atoms with Crippen LogP contribution in [0.5, 0.6) is 0 Å². The molecule has 0 bridgehead atoms. The van der Waals surface area contributed by atoms with Gasteiger partial charge in [0, 0.05) is 58.0 Å². The van der Waals surface area contributed by atoms with Gasteiger partial charge in [0.15, 0.2) is 0 Å². The van der Waals surface area contributed by atoms with E-state index in [0.717, 1.165) is 32.7 Å². The topological polar surface area (TPSA) is 48.1 Å². The lowest BCUT2D eigenvalue weighted by atomic mass is 10.2. The Balaban J connectivity index is 1.44. The SMILES string of the molecule is C=CCNC(=O)N1CCOC(CN2CCN(c3ccccc3)CC2)C1. The average Bonchev–Trinajstić information content (AvgIpc) is 2.67. The number of ether oxygens (including phenoxy) is 1. The Morgan fingerprint density at radius 2 is 1.96 bits per heavy atom. The van der Waals surface area contributed by atoms with Gasteiger partial charge in [0.05, 0.1) is 12.7 Å². The van der Waals surface area contributed by atoms with Crippen LogP contribution >= 0.6 is 0 Å². The molecule has 1 aromatic rings. The molecule has 0 aliphatic carbocycles. The van der Waals surface area contributed by atoms with E-state index in [2.05, 4.69) is 52.0 Å². The molecule has 2 saturated heterocycles. The number of amides is 2. The summed E-state index contributed by atoms with van der Waals surface area (Å²) in [5, 5.41) is 2.84. The van der Waals surface area contributed by atoms with Crippen LogP contribution < -0.4 is 10.2 Å². The maximum absolute atomic E-state index is 12.1. The molecule has 3 rings (SSSR count). The van der Waals surface area contributed by atoms with Crippen LogP contribution in [0.4, 0.5) is 10.5 Å². The number of hydrogen-bond donors (Lipinski definition) is 1. The Morgan fingerprint density at radius 1 is 1.20 bits per heavy atom. The Hall–Kier alpha value is -2.05. The van der Waals surface area contributed by atoms with Crippen LogP contribution in [0.3, 0.4) is 0 Å². The molecule has 0 saturated carbocycles. The summed E-state index contributed by atoms with van der Waals surface area (Å²) < 4.78 is 5.88. The number of hydrogen-bond acceptors (Lipinski definition) is 4. The minimum atomic E-state index is -0.0258. The summed E-state index contributed by atoms with van der Waals surface area (Å²) in [5.74, 6) is 0. The van der Waals surface area contributed by atoms with E-state index in [1.54, 1.807) is 6.08 Å². The van der Waals surface area contributed by atoms with E-state index in [1.165, 1.54) is 5.69 Å². The maximum atomic E-state index is 12.1. The average molecular weight is 344 g/mol. The summed E-state index contributed by atoms with van der Waals surface area (Å²) in [6.07, 6.45) is 1.79. The molecule has 1 atom stereocenters. The lowest BCUT2D eigenvalue weighted by Gasteiger charge is -2.39. The molecule has 2 aliphatic heterocycles. The van der Waals surface area contributed by atoms with Crippen molar-refractivity contribution in [1.82, 2.24) is 15.1 Å². The van der Waals surface area contributed by atoms with Gasteiger partial charge in [0.2, 0.25) is 0 Å². The summed E-state index contributed by atoms with van der Waals surface area (Å²) in [6.45, 7) is 11.0. The van der Waals surface area contributed by atoms with Gasteiger partial charge >= 0.3 is 6.03 Å². The van der Waals surface area contributed by atoms with Crippen molar-refractivity contribution >= 4 is 11.7 Å². The molecule has 136 valence electrons. The van der Waals surface area contributed by atoms with Crippen LogP contribution in [0.25, 0.3) is 0 Å². The molecule has 2 amide bonds. The molecule has 0 aromatic heterocycles. The van der Waals surface area contributed by atoms with Gasteiger partial charge in [-0.05, 0) is 12.1 Å². The first-order valence-electron chi connectivity index (χ1n) is 9.04. The fourth-order valence-corrected chi connectivity index (χ4v) is 3.40. The standard InChI is InChI=1S/C19H28N4O2/c1-2-8-20-19(24)23-13-14-25-18(16-23)15-21-9-11-22(12-10-21)17-6-4-3-5-7-17/h2-7,18H,1,8-16H2,(H,20,24). The summed E-state index contributed by atoms with van der Waals surface area (Å²) in [5.41, 5.74) is 1.29. The first-order valence-corrected chi connectivity index (χ1v) is 9.04. The summed E-state index contributed by atoms with van der Waals surface area (Å²) in [6, 6.07) is 10.5. The highest BCUT2D eigenvalue weighted by atomic mass is 16.5. The van der Waals surface area contributed by atoms with Gasteiger partial charge in [-0.2, -0.15) is 0 Å². The normalized spacial score (nSPS) is 21.8. The van der Waals surface area contributed by atoms with Crippen molar-refractivity contribution in [3.63, 3.8) is 0 Å². The van der Waals surface area contributed by atoms with Crippen LogP contribution in [0.2, 0.25) is 0 Å². The fourth-order valence-electron chi connectivity index (χ4n) is 3.40. The second-order valence-corrected chi connectivity index (χ2v) is 6.54. The molecular formula is C19H28N4O2. The van der Waals surface area contributed by atoms with E-state index in [1.807, 2.05) is 4.90 Å². The molecule has 6 heteroatoms. The number of urea groups is 1. The molecule has 2 heterocycles. The van der Waals surface area contributed by atoms with Crippen molar-refractivity contribution in [3.8, 4) is 0 Å². The van der Waals surface area contributed by atoms with Crippen LogP contribution in [-0.2, 0) is 4.74 Å². The van der Waals surface area contributed by atoms with Crippen LogP contribution in [0.15, 0.2) is 43.0 Å². The van der Waals surface area contributed by atoms with E-state index in [4.69, 9.17) is 4.74 Å². The van der Waals surface area contributed by atoms with Crippen LogP contribution in [-0.4, -0.2) is 80.9 Å². The van der Waals surface area contributed by atoms with Gasteiger partial charge in [-0.3, -0.25) is 4.90 Å². The van der Waals surface area contributed by atoms with Crippen LogP contribution in [0, 0.1) is 0 Å². The maximum Gasteiger partial charge on any atom is 0.317 e. The van der Waals surface area contributed by atoms with E-state index in [-0.39, 0.29) is 12.1 Å². The van der Waals surface area contributed by atoms with Crippen molar-refractivity contribution in [3.05, 3.63) is 43.0 Å². The molecule has 2 aliphatic rings. The predicted octanol–water partition coefficient (Wildman–Crippen LogP) is 1.40. The van der Waals surface area contributed by atoms with E-state index in [0.29, 0.717) is 26.2 Å². The summed E-state index contributed by atoms with van der Waals surface area (Å²) in [7, 11) is 0. The molecule has 25 heavy (non-hydrogen) atoms. The van der Waals surface area contributed by atoms with Crippen molar-refractivity contribution in [1.29, 1.82) is 0 Å². The Labute approximate surface area is 150 Å². The van der Waals surface area contributed by atoms with E-state index < -0.39 is 0 Å². The second-order valence-electron chi connectivity index (χ2n) is 6.54. The number of carbonyl (C=O) groups is 1. The molecule has 0 radical (unpaired) electrons. The number of rotatable bonds is 5.